The number of aryl methyl sites for hydroxylation is 1. The van der Waals surface area contributed by atoms with Gasteiger partial charge in [-0.2, -0.15) is 0 Å². The van der Waals surface area contributed by atoms with Crippen LogP contribution in [0.25, 0.3) is 0 Å². The molecule has 0 aromatic carbocycles. The van der Waals surface area contributed by atoms with E-state index in [-0.39, 0.29) is 0 Å². The first kappa shape index (κ1) is 13.1. The van der Waals surface area contributed by atoms with Gasteiger partial charge in [0.2, 0.25) is 0 Å². The molecule has 1 saturated heterocycles. The fraction of sp³-hybridized carbons (Fsp3) is 0.714. The standard InChI is InChI=1S/C14H24N4/c1-11(2)6-7-15-13-10-14(17-12(3)16-13)18-8-4-5-9-18/h10-11H,4-9H2,1-3H3,(H,15,16,17). The van der Waals surface area contributed by atoms with Gasteiger partial charge in [-0.25, -0.2) is 9.97 Å². The molecule has 100 valence electrons. The van der Waals surface area contributed by atoms with Gasteiger partial charge < -0.3 is 10.2 Å². The summed E-state index contributed by atoms with van der Waals surface area (Å²) in [4.78, 5) is 11.3. The third-order valence-corrected chi connectivity index (χ3v) is 3.28. The molecule has 0 spiro atoms. The molecule has 1 aliphatic heterocycles. The Kier molecular flexibility index (Phi) is 4.39. The van der Waals surface area contributed by atoms with Crippen molar-refractivity contribution < 1.29 is 0 Å². The molecule has 0 aliphatic carbocycles. The van der Waals surface area contributed by atoms with Crippen molar-refractivity contribution >= 4 is 11.6 Å². The fourth-order valence-corrected chi connectivity index (χ4v) is 2.24. The average Bonchev–Trinajstić information content (AvgIpc) is 2.81. The molecule has 0 radical (unpaired) electrons. The Morgan fingerprint density at radius 3 is 2.67 bits per heavy atom. The maximum atomic E-state index is 4.53. The predicted molar refractivity (Wildman–Crippen MR) is 76.2 cm³/mol. The van der Waals surface area contributed by atoms with Gasteiger partial charge in [0.15, 0.2) is 0 Å². The lowest BCUT2D eigenvalue weighted by Gasteiger charge is -2.18. The number of nitrogens with one attached hydrogen (secondary N) is 1. The van der Waals surface area contributed by atoms with Crippen LogP contribution in [0, 0.1) is 12.8 Å². The van der Waals surface area contributed by atoms with Crippen LogP contribution in [0.1, 0.15) is 38.9 Å². The maximum Gasteiger partial charge on any atom is 0.134 e. The second kappa shape index (κ2) is 6.03. The van der Waals surface area contributed by atoms with Gasteiger partial charge in [0, 0.05) is 25.7 Å². The Morgan fingerprint density at radius 2 is 2.00 bits per heavy atom. The topological polar surface area (TPSA) is 41.1 Å². The van der Waals surface area contributed by atoms with E-state index in [1.165, 1.54) is 19.3 Å². The highest BCUT2D eigenvalue weighted by Gasteiger charge is 2.14. The number of hydrogen-bond acceptors (Lipinski definition) is 4. The first-order valence-corrected chi connectivity index (χ1v) is 6.99. The van der Waals surface area contributed by atoms with E-state index >= 15 is 0 Å². The van der Waals surface area contributed by atoms with Crippen molar-refractivity contribution in [2.45, 2.75) is 40.0 Å². The minimum atomic E-state index is 0.721. The van der Waals surface area contributed by atoms with Crippen molar-refractivity contribution in [3.63, 3.8) is 0 Å². The van der Waals surface area contributed by atoms with E-state index in [4.69, 9.17) is 0 Å². The number of aromatic nitrogens is 2. The van der Waals surface area contributed by atoms with Crippen LogP contribution >= 0.6 is 0 Å². The average molecular weight is 248 g/mol. The lowest BCUT2D eigenvalue weighted by molar-refractivity contribution is 0.606. The summed E-state index contributed by atoms with van der Waals surface area (Å²) in [6, 6.07) is 2.08. The van der Waals surface area contributed by atoms with Crippen LogP contribution in [0.3, 0.4) is 0 Å². The summed E-state index contributed by atoms with van der Waals surface area (Å²) in [5.74, 6) is 3.61. The molecule has 2 rings (SSSR count). The highest BCUT2D eigenvalue weighted by molar-refractivity contribution is 5.49. The third kappa shape index (κ3) is 3.59. The van der Waals surface area contributed by atoms with Gasteiger partial charge in [-0.3, -0.25) is 0 Å². The smallest absolute Gasteiger partial charge is 0.134 e. The molecular formula is C14H24N4. The van der Waals surface area contributed by atoms with Crippen LogP contribution < -0.4 is 10.2 Å². The largest absolute Gasteiger partial charge is 0.370 e. The monoisotopic (exact) mass is 248 g/mol. The molecule has 1 aliphatic rings. The summed E-state index contributed by atoms with van der Waals surface area (Å²) in [6.07, 6.45) is 3.72. The number of hydrogen-bond donors (Lipinski definition) is 1. The van der Waals surface area contributed by atoms with E-state index in [1.54, 1.807) is 0 Å². The number of rotatable bonds is 5. The predicted octanol–water partition coefficient (Wildman–Crippen LogP) is 2.84. The first-order chi connectivity index (χ1) is 8.65. The van der Waals surface area contributed by atoms with Gasteiger partial charge in [-0.1, -0.05) is 13.8 Å². The molecule has 4 nitrogen and oxygen atoms in total. The summed E-state index contributed by atoms with van der Waals surface area (Å²) >= 11 is 0. The zero-order valence-electron chi connectivity index (χ0n) is 11.7. The normalized spacial score (nSPS) is 15.4. The van der Waals surface area contributed by atoms with E-state index < -0.39 is 0 Å². The van der Waals surface area contributed by atoms with Crippen molar-refractivity contribution in [1.82, 2.24) is 9.97 Å². The molecule has 1 aromatic heterocycles. The molecule has 1 N–H and O–H groups in total. The summed E-state index contributed by atoms with van der Waals surface area (Å²) < 4.78 is 0. The van der Waals surface area contributed by atoms with Crippen LogP contribution in [0.2, 0.25) is 0 Å². The minimum absolute atomic E-state index is 0.721. The SMILES string of the molecule is Cc1nc(NCCC(C)C)cc(N2CCCC2)n1. The summed E-state index contributed by atoms with van der Waals surface area (Å²) in [5, 5.41) is 3.40. The molecule has 1 aromatic rings. The molecule has 0 saturated carbocycles. The van der Waals surface area contributed by atoms with Gasteiger partial charge in [0.25, 0.3) is 0 Å². The van der Waals surface area contributed by atoms with Crippen molar-refractivity contribution in [2.24, 2.45) is 5.92 Å². The second-order valence-corrected chi connectivity index (χ2v) is 5.46. The quantitative estimate of drug-likeness (QED) is 0.870. The molecule has 1 fully saturated rings. The summed E-state index contributed by atoms with van der Waals surface area (Å²) in [6.45, 7) is 9.68. The van der Waals surface area contributed by atoms with Crippen molar-refractivity contribution in [1.29, 1.82) is 0 Å². The maximum absolute atomic E-state index is 4.53. The van der Waals surface area contributed by atoms with Gasteiger partial charge in [0.1, 0.15) is 17.5 Å². The van der Waals surface area contributed by atoms with E-state index in [1.807, 2.05) is 6.92 Å². The zero-order chi connectivity index (χ0) is 13.0. The van der Waals surface area contributed by atoms with Gasteiger partial charge in [-0.05, 0) is 32.1 Å². The molecule has 4 heteroatoms. The zero-order valence-corrected chi connectivity index (χ0v) is 11.7. The molecule has 18 heavy (non-hydrogen) atoms. The first-order valence-electron chi connectivity index (χ1n) is 6.99. The Bertz CT molecular complexity index is 383. The van der Waals surface area contributed by atoms with Crippen molar-refractivity contribution in [2.75, 3.05) is 29.9 Å². The highest BCUT2D eigenvalue weighted by atomic mass is 15.2. The number of nitrogens with zero attached hydrogens (tertiary/aromatic N) is 3. The summed E-state index contributed by atoms with van der Waals surface area (Å²) in [7, 11) is 0. The molecular weight excluding hydrogens is 224 g/mol. The van der Waals surface area contributed by atoms with Crippen molar-refractivity contribution in [3.8, 4) is 0 Å². The molecule has 0 amide bonds. The third-order valence-electron chi connectivity index (χ3n) is 3.28. The molecule has 0 atom stereocenters. The Balaban J connectivity index is 2.01. The Labute approximate surface area is 110 Å². The lowest BCUT2D eigenvalue weighted by Crippen LogP contribution is -2.20. The van der Waals surface area contributed by atoms with E-state index in [9.17, 15) is 0 Å². The van der Waals surface area contributed by atoms with E-state index in [0.29, 0.717) is 0 Å². The summed E-state index contributed by atoms with van der Waals surface area (Å²) in [5.41, 5.74) is 0. The molecule has 2 heterocycles. The highest BCUT2D eigenvalue weighted by Crippen LogP contribution is 2.20. The molecule has 0 unspecified atom stereocenters. The van der Waals surface area contributed by atoms with Crippen LogP contribution in [0.4, 0.5) is 11.6 Å². The van der Waals surface area contributed by atoms with Gasteiger partial charge >= 0.3 is 0 Å². The Hall–Kier alpha value is -1.32. The van der Waals surface area contributed by atoms with E-state index in [2.05, 4.69) is 40.1 Å². The van der Waals surface area contributed by atoms with Gasteiger partial charge in [0.05, 0.1) is 0 Å². The Morgan fingerprint density at radius 1 is 1.28 bits per heavy atom. The minimum Gasteiger partial charge on any atom is -0.370 e. The second-order valence-electron chi connectivity index (χ2n) is 5.46. The number of anilines is 2. The fourth-order valence-electron chi connectivity index (χ4n) is 2.24. The van der Waals surface area contributed by atoms with Crippen LogP contribution in [0.15, 0.2) is 6.07 Å². The van der Waals surface area contributed by atoms with Crippen LogP contribution in [0.5, 0.6) is 0 Å². The van der Waals surface area contributed by atoms with Crippen molar-refractivity contribution in [3.05, 3.63) is 11.9 Å². The lowest BCUT2D eigenvalue weighted by atomic mass is 10.1. The van der Waals surface area contributed by atoms with E-state index in [0.717, 1.165) is 43.0 Å². The van der Waals surface area contributed by atoms with Gasteiger partial charge in [-0.15, -0.1) is 0 Å². The molecule has 0 bridgehead atoms. The van der Waals surface area contributed by atoms with Crippen LogP contribution in [-0.2, 0) is 0 Å². The van der Waals surface area contributed by atoms with Crippen LogP contribution in [-0.4, -0.2) is 29.6 Å².